The van der Waals surface area contributed by atoms with Gasteiger partial charge in [0.2, 0.25) is 15.9 Å². The largest absolute Gasteiger partial charge is 0.493 e. The third-order valence-electron chi connectivity index (χ3n) is 4.18. The van der Waals surface area contributed by atoms with Gasteiger partial charge in [0.15, 0.2) is 11.5 Å². The van der Waals surface area contributed by atoms with Gasteiger partial charge in [-0.2, -0.15) is 0 Å². The third kappa shape index (κ3) is 5.79. The number of primary sulfonamides is 1. The molecule has 3 aromatic rings. The van der Waals surface area contributed by atoms with Gasteiger partial charge in [0, 0.05) is 29.7 Å². The van der Waals surface area contributed by atoms with E-state index in [9.17, 15) is 13.2 Å². The van der Waals surface area contributed by atoms with E-state index in [1.54, 1.807) is 42.7 Å². The molecule has 0 spiro atoms. The zero-order valence-corrected chi connectivity index (χ0v) is 17.1. The molecular formula is C21H21N3O5S. The lowest BCUT2D eigenvalue weighted by Gasteiger charge is -2.13. The average molecular weight is 427 g/mol. The first-order valence-corrected chi connectivity index (χ1v) is 10.5. The Labute approximate surface area is 174 Å². The second kappa shape index (κ2) is 9.38. The molecule has 3 rings (SSSR count). The number of anilines is 1. The van der Waals surface area contributed by atoms with Crippen LogP contribution in [0.5, 0.6) is 11.5 Å². The summed E-state index contributed by atoms with van der Waals surface area (Å²) in [7, 11) is -2.23. The number of methoxy groups -OCH3 is 1. The Morgan fingerprint density at radius 2 is 1.83 bits per heavy atom. The van der Waals surface area contributed by atoms with Crippen LogP contribution in [0.3, 0.4) is 0 Å². The van der Waals surface area contributed by atoms with E-state index in [-0.39, 0.29) is 17.2 Å². The predicted octanol–water partition coefficient (Wildman–Crippen LogP) is 2.50. The summed E-state index contributed by atoms with van der Waals surface area (Å²) in [4.78, 5) is 16.4. The number of rotatable bonds is 8. The summed E-state index contributed by atoms with van der Waals surface area (Å²) in [6.45, 7) is 0.304. The molecule has 2 aromatic carbocycles. The number of nitrogens with one attached hydrogen (secondary N) is 1. The first-order chi connectivity index (χ1) is 14.3. The normalized spacial score (nSPS) is 11.0. The lowest BCUT2D eigenvalue weighted by Crippen LogP contribution is -2.15. The highest BCUT2D eigenvalue weighted by molar-refractivity contribution is 7.89. The molecule has 0 aliphatic carbocycles. The van der Waals surface area contributed by atoms with Crippen LogP contribution in [-0.2, 0) is 27.8 Å². The summed E-state index contributed by atoms with van der Waals surface area (Å²) >= 11 is 0. The lowest BCUT2D eigenvalue weighted by atomic mass is 10.1. The van der Waals surface area contributed by atoms with Crippen LogP contribution in [0.4, 0.5) is 5.69 Å². The fourth-order valence-electron chi connectivity index (χ4n) is 2.70. The van der Waals surface area contributed by atoms with Crippen molar-refractivity contribution in [2.45, 2.75) is 17.9 Å². The fourth-order valence-corrected chi connectivity index (χ4v) is 3.21. The first-order valence-electron chi connectivity index (χ1n) is 8.96. The molecule has 0 aliphatic rings. The molecule has 0 saturated heterocycles. The number of nitrogens with zero attached hydrogens (tertiary/aromatic N) is 1. The summed E-state index contributed by atoms with van der Waals surface area (Å²) in [5.74, 6) is 0.758. The van der Waals surface area contributed by atoms with E-state index in [1.165, 1.54) is 19.2 Å². The van der Waals surface area contributed by atoms with Gasteiger partial charge in [-0.25, -0.2) is 13.6 Å². The number of aromatic nitrogens is 1. The quantitative estimate of drug-likeness (QED) is 0.570. The molecule has 0 radical (unpaired) electrons. The molecule has 156 valence electrons. The van der Waals surface area contributed by atoms with E-state index in [2.05, 4.69) is 10.3 Å². The second-order valence-electron chi connectivity index (χ2n) is 6.43. The molecule has 30 heavy (non-hydrogen) atoms. The molecule has 0 fully saturated rings. The summed E-state index contributed by atoms with van der Waals surface area (Å²) in [6.07, 6.45) is 3.46. The number of carbonyl (C=O) groups excluding carboxylic acids is 1. The lowest BCUT2D eigenvalue weighted by molar-refractivity contribution is -0.115. The van der Waals surface area contributed by atoms with Gasteiger partial charge in [-0.15, -0.1) is 0 Å². The average Bonchev–Trinajstić information content (AvgIpc) is 2.73. The number of hydrogen-bond donors (Lipinski definition) is 2. The molecule has 0 unspecified atom stereocenters. The van der Waals surface area contributed by atoms with Crippen LogP contribution in [-0.4, -0.2) is 26.4 Å². The van der Waals surface area contributed by atoms with Crippen molar-refractivity contribution in [2.24, 2.45) is 5.14 Å². The van der Waals surface area contributed by atoms with Crippen LogP contribution in [0, 0.1) is 0 Å². The van der Waals surface area contributed by atoms with Gasteiger partial charge in [0.05, 0.1) is 18.4 Å². The number of benzene rings is 2. The summed E-state index contributed by atoms with van der Waals surface area (Å²) in [5.41, 5.74) is 2.10. The number of ether oxygens (including phenoxy) is 2. The topological polar surface area (TPSA) is 121 Å². The summed E-state index contributed by atoms with van der Waals surface area (Å²) in [6, 6.07) is 14.6. The highest BCUT2D eigenvalue weighted by Gasteiger charge is 2.11. The minimum absolute atomic E-state index is 0.00257. The molecule has 3 N–H and O–H groups in total. The van der Waals surface area contributed by atoms with Crippen LogP contribution in [0.1, 0.15) is 11.1 Å². The molecule has 0 atom stereocenters. The van der Waals surface area contributed by atoms with E-state index < -0.39 is 10.0 Å². The van der Waals surface area contributed by atoms with Crippen LogP contribution in [0.25, 0.3) is 0 Å². The molecule has 0 saturated carbocycles. The predicted molar refractivity (Wildman–Crippen MR) is 112 cm³/mol. The van der Waals surface area contributed by atoms with Gasteiger partial charge in [-0.1, -0.05) is 18.2 Å². The molecule has 1 heterocycles. The molecule has 1 amide bonds. The summed E-state index contributed by atoms with van der Waals surface area (Å²) in [5, 5.41) is 7.87. The van der Waals surface area contributed by atoms with Gasteiger partial charge >= 0.3 is 0 Å². The van der Waals surface area contributed by atoms with Crippen molar-refractivity contribution < 1.29 is 22.7 Å². The van der Waals surface area contributed by atoms with Gasteiger partial charge < -0.3 is 14.8 Å². The molecule has 0 bridgehead atoms. The highest BCUT2D eigenvalue weighted by Crippen LogP contribution is 2.31. The van der Waals surface area contributed by atoms with E-state index >= 15 is 0 Å². The Bertz CT molecular complexity index is 1120. The second-order valence-corrected chi connectivity index (χ2v) is 7.99. The zero-order chi connectivity index (χ0) is 21.6. The van der Waals surface area contributed by atoms with Crippen molar-refractivity contribution in [3.63, 3.8) is 0 Å². The molecular weight excluding hydrogens is 406 g/mol. The SMILES string of the molecule is COc1ccc(NC(=O)Cc2ccc(S(N)(=O)=O)cc2)cc1OCc1cccnc1. The Kier molecular flexibility index (Phi) is 6.65. The molecule has 8 nitrogen and oxygen atoms in total. The Morgan fingerprint density at radius 1 is 1.07 bits per heavy atom. The number of amides is 1. The van der Waals surface area contributed by atoms with Crippen molar-refractivity contribution in [2.75, 3.05) is 12.4 Å². The van der Waals surface area contributed by atoms with Crippen LogP contribution >= 0.6 is 0 Å². The first kappa shape index (κ1) is 21.3. The van der Waals surface area contributed by atoms with E-state index in [4.69, 9.17) is 14.6 Å². The number of sulfonamides is 1. The van der Waals surface area contributed by atoms with Crippen molar-refractivity contribution >= 4 is 21.6 Å². The minimum atomic E-state index is -3.76. The zero-order valence-electron chi connectivity index (χ0n) is 16.2. The molecule has 9 heteroatoms. The van der Waals surface area contributed by atoms with Crippen molar-refractivity contribution in [1.29, 1.82) is 0 Å². The number of nitrogens with two attached hydrogens (primary N) is 1. The smallest absolute Gasteiger partial charge is 0.238 e. The van der Waals surface area contributed by atoms with E-state index in [0.29, 0.717) is 29.4 Å². The third-order valence-corrected chi connectivity index (χ3v) is 5.11. The Balaban J connectivity index is 1.66. The van der Waals surface area contributed by atoms with Gasteiger partial charge in [0.1, 0.15) is 6.61 Å². The maximum absolute atomic E-state index is 12.4. The molecule has 0 aliphatic heterocycles. The van der Waals surface area contributed by atoms with E-state index in [0.717, 1.165) is 5.56 Å². The number of hydrogen-bond acceptors (Lipinski definition) is 6. The van der Waals surface area contributed by atoms with Crippen molar-refractivity contribution in [3.8, 4) is 11.5 Å². The highest BCUT2D eigenvalue weighted by atomic mass is 32.2. The van der Waals surface area contributed by atoms with Gasteiger partial charge in [-0.3, -0.25) is 9.78 Å². The Morgan fingerprint density at radius 3 is 2.47 bits per heavy atom. The maximum atomic E-state index is 12.4. The van der Waals surface area contributed by atoms with Gasteiger partial charge in [-0.05, 0) is 35.9 Å². The van der Waals surface area contributed by atoms with Crippen molar-refractivity contribution in [1.82, 2.24) is 4.98 Å². The summed E-state index contributed by atoms with van der Waals surface area (Å²) < 4.78 is 33.7. The minimum Gasteiger partial charge on any atom is -0.493 e. The molecule has 1 aromatic heterocycles. The number of pyridine rings is 1. The van der Waals surface area contributed by atoms with Crippen LogP contribution in [0.2, 0.25) is 0 Å². The van der Waals surface area contributed by atoms with Crippen molar-refractivity contribution in [3.05, 3.63) is 78.1 Å². The van der Waals surface area contributed by atoms with Gasteiger partial charge in [0.25, 0.3) is 0 Å². The Hall–Kier alpha value is -3.43. The maximum Gasteiger partial charge on any atom is 0.238 e. The fraction of sp³-hybridized carbons (Fsp3) is 0.143. The standard InChI is InChI=1S/C21H21N3O5S/c1-28-19-9-6-17(12-20(19)29-14-16-3-2-10-23-13-16)24-21(25)11-15-4-7-18(8-5-15)30(22,26)27/h2-10,12-13H,11,14H2,1H3,(H,24,25)(H2,22,26,27). The van der Waals surface area contributed by atoms with Crippen LogP contribution < -0.4 is 19.9 Å². The monoisotopic (exact) mass is 427 g/mol. The number of carbonyl (C=O) groups is 1. The van der Waals surface area contributed by atoms with E-state index in [1.807, 2.05) is 12.1 Å². The van der Waals surface area contributed by atoms with Crippen LogP contribution in [0.15, 0.2) is 71.9 Å².